The Morgan fingerprint density at radius 1 is 1.11 bits per heavy atom. The van der Waals surface area contributed by atoms with Crippen LogP contribution in [0.2, 0.25) is 0 Å². The predicted octanol–water partition coefficient (Wildman–Crippen LogP) is 3.91. The average Bonchev–Trinajstić information content (AvgIpc) is 3.43. The van der Waals surface area contributed by atoms with Crippen molar-refractivity contribution in [2.45, 2.75) is 63.1 Å². The predicted molar refractivity (Wildman–Crippen MR) is 112 cm³/mol. The van der Waals surface area contributed by atoms with E-state index < -0.39 is 0 Å². The molecule has 2 aromatic rings. The van der Waals surface area contributed by atoms with Gasteiger partial charge >= 0.3 is 0 Å². The van der Waals surface area contributed by atoms with E-state index in [-0.39, 0.29) is 24.4 Å². The third-order valence-electron chi connectivity index (χ3n) is 6.32. The van der Waals surface area contributed by atoms with Gasteiger partial charge in [-0.3, -0.25) is 9.48 Å². The number of carbonyl (C=O) groups is 1. The largest absolute Gasteiger partial charge is 0.327 e. The summed E-state index contributed by atoms with van der Waals surface area (Å²) in [7, 11) is 0. The van der Waals surface area contributed by atoms with E-state index in [0.717, 1.165) is 51.6 Å². The van der Waals surface area contributed by atoms with Crippen LogP contribution in [0, 0.1) is 0 Å². The highest BCUT2D eigenvalue weighted by molar-refractivity contribution is 5.93. The van der Waals surface area contributed by atoms with Crippen molar-refractivity contribution in [3.8, 4) is 0 Å². The summed E-state index contributed by atoms with van der Waals surface area (Å²) in [5, 5.41) is 8.13. The summed E-state index contributed by atoms with van der Waals surface area (Å²) in [6.45, 7) is 2.03. The van der Waals surface area contributed by atoms with Gasteiger partial charge in [0.05, 0.1) is 12.1 Å². The van der Waals surface area contributed by atoms with Crippen LogP contribution in [-0.4, -0.2) is 39.7 Å². The van der Waals surface area contributed by atoms with E-state index in [4.69, 9.17) is 5.10 Å². The normalized spacial score (nSPS) is 24.1. The number of aromatic nitrogens is 2. The van der Waals surface area contributed by atoms with Crippen LogP contribution in [0.15, 0.2) is 36.5 Å². The zero-order chi connectivity index (χ0) is 18.2. The van der Waals surface area contributed by atoms with Crippen LogP contribution >= 0.6 is 12.4 Å². The third-order valence-corrected chi connectivity index (χ3v) is 6.32. The van der Waals surface area contributed by atoms with Crippen molar-refractivity contribution in [2.24, 2.45) is 0 Å². The summed E-state index contributed by atoms with van der Waals surface area (Å²) in [5.41, 5.74) is 3.36. The lowest BCUT2D eigenvalue weighted by Crippen LogP contribution is -2.39. The van der Waals surface area contributed by atoms with Gasteiger partial charge in [-0.1, -0.05) is 24.3 Å². The fourth-order valence-corrected chi connectivity index (χ4v) is 4.78. The molecule has 2 atom stereocenters. The molecule has 2 fully saturated rings. The number of amides is 1. The highest BCUT2D eigenvalue weighted by Crippen LogP contribution is 2.41. The molecule has 1 amide bonds. The van der Waals surface area contributed by atoms with E-state index in [9.17, 15) is 4.79 Å². The molecule has 0 bridgehead atoms. The molecule has 1 aliphatic heterocycles. The molecule has 0 radical (unpaired) electrons. The molecule has 1 saturated carbocycles. The second-order valence-electron chi connectivity index (χ2n) is 8.23. The smallest absolute Gasteiger partial charge is 0.275 e. The first kappa shape index (κ1) is 19.5. The quantitative estimate of drug-likeness (QED) is 0.846. The van der Waals surface area contributed by atoms with Gasteiger partial charge in [-0.15, -0.1) is 12.4 Å². The van der Waals surface area contributed by atoms with E-state index in [2.05, 4.69) is 34.5 Å². The molecule has 1 aromatic carbocycles. The Labute approximate surface area is 172 Å². The van der Waals surface area contributed by atoms with Gasteiger partial charge in [0.2, 0.25) is 0 Å². The zero-order valence-electron chi connectivity index (χ0n) is 16.2. The molecule has 5 nitrogen and oxygen atoms in total. The van der Waals surface area contributed by atoms with Crippen LogP contribution in [0.1, 0.15) is 72.2 Å². The summed E-state index contributed by atoms with van der Waals surface area (Å²) in [6.07, 6.45) is 9.88. The number of fused-ring (bicyclic) bond motifs is 1. The number of carbonyl (C=O) groups excluding carboxylic acids is 1. The van der Waals surface area contributed by atoms with Gasteiger partial charge in [0, 0.05) is 18.8 Å². The van der Waals surface area contributed by atoms with Crippen molar-refractivity contribution in [3.63, 3.8) is 0 Å². The van der Waals surface area contributed by atoms with Crippen LogP contribution in [0.4, 0.5) is 0 Å². The second kappa shape index (κ2) is 8.26. The number of piperidine rings is 1. The standard InChI is InChI=1S/C22H28N4O.ClH/c27-22(20-12-14-25(24-20)18-7-4-13-23-15-18)26(17-10-11-17)21-9-3-6-16-5-1-2-8-19(16)21;/h1-2,5,8,12,14,17-18,21,23H,3-4,6-7,9-11,13,15H2;1H. The second-order valence-corrected chi connectivity index (χ2v) is 8.23. The Balaban J connectivity index is 0.00000192. The van der Waals surface area contributed by atoms with Crippen LogP contribution in [-0.2, 0) is 6.42 Å². The number of benzene rings is 1. The molecule has 2 heterocycles. The summed E-state index contributed by atoms with van der Waals surface area (Å²) < 4.78 is 2.00. The molecule has 0 spiro atoms. The molecular weight excluding hydrogens is 372 g/mol. The lowest BCUT2D eigenvalue weighted by molar-refractivity contribution is 0.0630. The molecule has 3 aliphatic rings. The van der Waals surface area contributed by atoms with E-state index in [1.165, 1.54) is 17.5 Å². The van der Waals surface area contributed by atoms with Crippen molar-refractivity contribution in [3.05, 3.63) is 53.3 Å². The number of aryl methyl sites for hydroxylation is 1. The number of nitrogens with zero attached hydrogens (tertiary/aromatic N) is 3. The van der Waals surface area contributed by atoms with Crippen LogP contribution in [0.3, 0.4) is 0 Å². The maximum absolute atomic E-state index is 13.5. The minimum Gasteiger partial charge on any atom is -0.327 e. The fourth-order valence-electron chi connectivity index (χ4n) is 4.78. The maximum Gasteiger partial charge on any atom is 0.275 e. The van der Waals surface area contributed by atoms with Gasteiger partial charge in [0.25, 0.3) is 5.91 Å². The van der Waals surface area contributed by atoms with Crippen molar-refractivity contribution >= 4 is 18.3 Å². The lowest BCUT2D eigenvalue weighted by Gasteiger charge is -2.36. The molecular formula is C22H29ClN4O. The van der Waals surface area contributed by atoms with Crippen LogP contribution in [0.25, 0.3) is 0 Å². The average molecular weight is 401 g/mol. The van der Waals surface area contributed by atoms with Gasteiger partial charge < -0.3 is 10.2 Å². The highest BCUT2D eigenvalue weighted by atomic mass is 35.5. The zero-order valence-corrected chi connectivity index (χ0v) is 17.0. The van der Waals surface area contributed by atoms with Crippen LogP contribution < -0.4 is 5.32 Å². The van der Waals surface area contributed by atoms with Gasteiger partial charge in [0.1, 0.15) is 5.69 Å². The fraction of sp³-hybridized carbons (Fsp3) is 0.545. The minimum atomic E-state index is 0. The molecule has 1 aromatic heterocycles. The SMILES string of the molecule is Cl.O=C(c1ccn(C2CCCNC2)n1)N(C1CC1)C1CCCc2ccccc21. The molecule has 2 aliphatic carbocycles. The van der Waals surface area contributed by atoms with Gasteiger partial charge in [0.15, 0.2) is 0 Å². The van der Waals surface area contributed by atoms with E-state index in [1.807, 2.05) is 16.9 Å². The Morgan fingerprint density at radius 2 is 1.96 bits per heavy atom. The van der Waals surface area contributed by atoms with Crippen molar-refractivity contribution in [1.82, 2.24) is 20.0 Å². The summed E-state index contributed by atoms with van der Waals surface area (Å²) in [4.78, 5) is 15.6. The van der Waals surface area contributed by atoms with Gasteiger partial charge in [-0.2, -0.15) is 5.10 Å². The number of hydrogen-bond acceptors (Lipinski definition) is 3. The minimum absolute atomic E-state index is 0. The van der Waals surface area contributed by atoms with Crippen LogP contribution in [0.5, 0.6) is 0 Å². The maximum atomic E-state index is 13.5. The number of halogens is 1. The number of rotatable bonds is 4. The van der Waals surface area contributed by atoms with Crippen molar-refractivity contribution in [1.29, 1.82) is 0 Å². The molecule has 5 rings (SSSR count). The molecule has 2 unspecified atom stereocenters. The lowest BCUT2D eigenvalue weighted by atomic mass is 9.86. The molecule has 6 heteroatoms. The van der Waals surface area contributed by atoms with E-state index >= 15 is 0 Å². The third kappa shape index (κ3) is 3.70. The number of hydrogen-bond donors (Lipinski definition) is 1. The summed E-state index contributed by atoms with van der Waals surface area (Å²) in [6, 6.07) is 11.5. The monoisotopic (exact) mass is 400 g/mol. The highest BCUT2D eigenvalue weighted by Gasteiger charge is 2.40. The summed E-state index contributed by atoms with van der Waals surface area (Å²) in [5.74, 6) is 0.113. The molecule has 150 valence electrons. The number of nitrogens with one attached hydrogen (secondary N) is 1. The first-order chi connectivity index (χ1) is 13.3. The topological polar surface area (TPSA) is 50.2 Å². The van der Waals surface area contributed by atoms with Crippen molar-refractivity contribution in [2.75, 3.05) is 13.1 Å². The first-order valence-corrected chi connectivity index (χ1v) is 10.5. The summed E-state index contributed by atoms with van der Waals surface area (Å²) >= 11 is 0. The molecule has 1 saturated heterocycles. The van der Waals surface area contributed by atoms with E-state index in [0.29, 0.717) is 17.8 Å². The van der Waals surface area contributed by atoms with Gasteiger partial charge in [-0.05, 0) is 68.7 Å². The Hall–Kier alpha value is -1.85. The Kier molecular flexibility index (Phi) is 5.74. The molecule has 1 N–H and O–H groups in total. The van der Waals surface area contributed by atoms with Crippen molar-refractivity contribution < 1.29 is 4.79 Å². The Bertz CT molecular complexity index is 825. The first-order valence-electron chi connectivity index (χ1n) is 10.5. The van der Waals surface area contributed by atoms with E-state index in [1.54, 1.807) is 0 Å². The van der Waals surface area contributed by atoms with Gasteiger partial charge in [-0.25, -0.2) is 0 Å². The molecule has 28 heavy (non-hydrogen) atoms. The Morgan fingerprint density at radius 3 is 2.75 bits per heavy atom.